The van der Waals surface area contributed by atoms with Crippen molar-refractivity contribution >= 4 is 0 Å². The molecule has 0 aromatic carbocycles. The molecule has 4 nitrogen and oxygen atoms in total. The van der Waals surface area contributed by atoms with Crippen molar-refractivity contribution in [2.45, 2.75) is 26.4 Å². The van der Waals surface area contributed by atoms with Gasteiger partial charge < -0.3 is 10.3 Å². The van der Waals surface area contributed by atoms with Crippen LogP contribution in [0.5, 0.6) is 0 Å². The van der Waals surface area contributed by atoms with E-state index >= 15 is 0 Å². The molecule has 0 fully saturated rings. The maximum absolute atomic E-state index is 5.88. The Bertz CT molecular complexity index is 473. The summed E-state index contributed by atoms with van der Waals surface area (Å²) in [6.07, 6.45) is 7.32. The van der Waals surface area contributed by atoms with E-state index in [9.17, 15) is 0 Å². The minimum Gasteiger partial charge on any atom is -0.329 e. The van der Waals surface area contributed by atoms with Crippen LogP contribution in [0.25, 0.3) is 0 Å². The number of pyridine rings is 1. The summed E-state index contributed by atoms with van der Waals surface area (Å²) in [7, 11) is 0. The van der Waals surface area contributed by atoms with Crippen LogP contribution >= 0.6 is 0 Å². The molecular weight excluding hydrogens is 200 g/mol. The average molecular weight is 216 g/mol. The Balaban J connectivity index is 2.27. The molecule has 0 radical (unpaired) electrons. The van der Waals surface area contributed by atoms with E-state index in [4.69, 9.17) is 5.73 Å². The van der Waals surface area contributed by atoms with Crippen molar-refractivity contribution in [3.8, 4) is 0 Å². The molecule has 2 aromatic rings. The molecular formula is C12H16N4. The van der Waals surface area contributed by atoms with Gasteiger partial charge in [0.2, 0.25) is 0 Å². The Morgan fingerprint density at radius 3 is 2.88 bits per heavy atom. The van der Waals surface area contributed by atoms with Crippen LogP contribution in [0, 0.1) is 6.92 Å². The van der Waals surface area contributed by atoms with Gasteiger partial charge in [0.15, 0.2) is 0 Å². The predicted octanol–water partition coefficient (Wildman–Crippen LogP) is 1.65. The summed E-state index contributed by atoms with van der Waals surface area (Å²) >= 11 is 0. The minimum absolute atomic E-state index is 0.00430. The van der Waals surface area contributed by atoms with Gasteiger partial charge in [-0.25, -0.2) is 4.98 Å². The van der Waals surface area contributed by atoms with Gasteiger partial charge in [0.05, 0.1) is 12.0 Å². The molecule has 1 atom stereocenters. The Morgan fingerprint density at radius 1 is 1.38 bits per heavy atom. The van der Waals surface area contributed by atoms with Crippen LogP contribution < -0.4 is 5.73 Å². The normalized spacial score (nSPS) is 12.7. The SMILES string of the molecule is Cc1cnccc1Cn1cncc1[C@H](C)N. The second kappa shape index (κ2) is 4.45. The molecule has 2 aromatic heterocycles. The van der Waals surface area contributed by atoms with E-state index in [1.54, 1.807) is 0 Å². The van der Waals surface area contributed by atoms with Gasteiger partial charge in [0.25, 0.3) is 0 Å². The molecule has 0 amide bonds. The molecule has 0 unspecified atom stereocenters. The zero-order chi connectivity index (χ0) is 11.5. The molecule has 0 saturated heterocycles. The molecule has 0 saturated carbocycles. The van der Waals surface area contributed by atoms with Crippen molar-refractivity contribution in [2.75, 3.05) is 0 Å². The van der Waals surface area contributed by atoms with Crippen molar-refractivity contribution in [3.05, 3.63) is 47.8 Å². The molecule has 0 spiro atoms. The van der Waals surface area contributed by atoms with Crippen molar-refractivity contribution in [2.24, 2.45) is 5.73 Å². The summed E-state index contributed by atoms with van der Waals surface area (Å²) in [6, 6.07) is 2.03. The van der Waals surface area contributed by atoms with E-state index in [1.165, 1.54) is 11.1 Å². The van der Waals surface area contributed by atoms with Gasteiger partial charge in [-0.2, -0.15) is 0 Å². The molecule has 0 aliphatic carbocycles. The fourth-order valence-electron chi connectivity index (χ4n) is 1.71. The zero-order valence-electron chi connectivity index (χ0n) is 9.59. The number of nitrogens with two attached hydrogens (primary N) is 1. The molecule has 4 heteroatoms. The third-order valence-electron chi connectivity index (χ3n) is 2.69. The number of imidazole rings is 1. The highest BCUT2D eigenvalue weighted by Crippen LogP contribution is 2.13. The standard InChI is InChI=1S/C12H16N4/c1-9-5-14-4-3-11(9)7-16-8-15-6-12(16)10(2)13/h3-6,8,10H,7,13H2,1-2H3/t10-/m0/s1. The number of rotatable bonds is 3. The lowest BCUT2D eigenvalue weighted by atomic mass is 10.1. The summed E-state index contributed by atoms with van der Waals surface area (Å²) in [5.74, 6) is 0. The van der Waals surface area contributed by atoms with Crippen LogP contribution in [-0.2, 0) is 6.54 Å². The van der Waals surface area contributed by atoms with Crippen LogP contribution in [0.15, 0.2) is 31.0 Å². The first-order chi connectivity index (χ1) is 7.68. The molecule has 16 heavy (non-hydrogen) atoms. The number of aryl methyl sites for hydroxylation is 1. The lowest BCUT2D eigenvalue weighted by Crippen LogP contribution is -2.12. The average Bonchev–Trinajstić information content (AvgIpc) is 2.69. The lowest BCUT2D eigenvalue weighted by molar-refractivity contribution is 0.672. The van der Waals surface area contributed by atoms with Crippen molar-refractivity contribution in [3.63, 3.8) is 0 Å². The first kappa shape index (κ1) is 10.8. The molecule has 0 aliphatic rings. The van der Waals surface area contributed by atoms with Crippen molar-refractivity contribution in [1.29, 1.82) is 0 Å². The smallest absolute Gasteiger partial charge is 0.0951 e. The monoisotopic (exact) mass is 216 g/mol. The second-order valence-corrected chi connectivity index (χ2v) is 4.04. The summed E-state index contributed by atoms with van der Waals surface area (Å²) in [5.41, 5.74) is 9.36. The number of aromatic nitrogens is 3. The van der Waals surface area contributed by atoms with Crippen molar-refractivity contribution in [1.82, 2.24) is 14.5 Å². The largest absolute Gasteiger partial charge is 0.329 e. The van der Waals surface area contributed by atoms with E-state index in [0.717, 1.165) is 12.2 Å². The second-order valence-electron chi connectivity index (χ2n) is 4.04. The van der Waals surface area contributed by atoms with Crippen LogP contribution in [0.4, 0.5) is 0 Å². The van der Waals surface area contributed by atoms with Gasteiger partial charge in [-0.15, -0.1) is 0 Å². The summed E-state index contributed by atoms with van der Waals surface area (Å²) in [6.45, 7) is 4.82. The lowest BCUT2D eigenvalue weighted by Gasteiger charge is -2.12. The highest BCUT2D eigenvalue weighted by atomic mass is 15.1. The van der Waals surface area contributed by atoms with E-state index in [1.807, 2.05) is 37.9 Å². The predicted molar refractivity (Wildman–Crippen MR) is 62.9 cm³/mol. The van der Waals surface area contributed by atoms with Gasteiger partial charge in [-0.05, 0) is 31.0 Å². The Morgan fingerprint density at radius 2 is 2.19 bits per heavy atom. The van der Waals surface area contributed by atoms with E-state index in [2.05, 4.69) is 21.5 Å². The quantitative estimate of drug-likeness (QED) is 0.848. The fraction of sp³-hybridized carbons (Fsp3) is 0.333. The Labute approximate surface area is 95.1 Å². The van der Waals surface area contributed by atoms with Crippen LogP contribution in [-0.4, -0.2) is 14.5 Å². The van der Waals surface area contributed by atoms with Crippen LogP contribution in [0.3, 0.4) is 0 Å². The fourth-order valence-corrected chi connectivity index (χ4v) is 1.71. The molecule has 2 rings (SSSR count). The molecule has 2 heterocycles. The number of nitrogens with zero attached hydrogens (tertiary/aromatic N) is 3. The Hall–Kier alpha value is -1.68. The summed E-state index contributed by atoms with van der Waals surface area (Å²) < 4.78 is 2.08. The summed E-state index contributed by atoms with van der Waals surface area (Å²) in [4.78, 5) is 8.22. The van der Waals surface area contributed by atoms with Gasteiger partial charge in [0.1, 0.15) is 0 Å². The van der Waals surface area contributed by atoms with Crippen LogP contribution in [0.2, 0.25) is 0 Å². The van der Waals surface area contributed by atoms with Gasteiger partial charge in [-0.3, -0.25) is 4.98 Å². The number of hydrogen-bond acceptors (Lipinski definition) is 3. The highest BCUT2D eigenvalue weighted by Gasteiger charge is 2.07. The topological polar surface area (TPSA) is 56.7 Å². The van der Waals surface area contributed by atoms with Gasteiger partial charge in [-0.1, -0.05) is 0 Å². The first-order valence-corrected chi connectivity index (χ1v) is 5.33. The van der Waals surface area contributed by atoms with Crippen molar-refractivity contribution < 1.29 is 0 Å². The van der Waals surface area contributed by atoms with Crippen LogP contribution in [0.1, 0.15) is 29.8 Å². The maximum atomic E-state index is 5.88. The third kappa shape index (κ3) is 2.12. The molecule has 2 N–H and O–H groups in total. The molecule has 84 valence electrons. The zero-order valence-corrected chi connectivity index (χ0v) is 9.59. The van der Waals surface area contributed by atoms with Gasteiger partial charge >= 0.3 is 0 Å². The van der Waals surface area contributed by atoms with Gasteiger partial charge in [0, 0.05) is 31.2 Å². The first-order valence-electron chi connectivity index (χ1n) is 5.33. The minimum atomic E-state index is 0.00430. The van der Waals surface area contributed by atoms with E-state index in [-0.39, 0.29) is 6.04 Å². The molecule has 0 bridgehead atoms. The highest BCUT2D eigenvalue weighted by molar-refractivity contribution is 5.22. The summed E-state index contributed by atoms with van der Waals surface area (Å²) in [5, 5.41) is 0. The number of hydrogen-bond donors (Lipinski definition) is 1. The van der Waals surface area contributed by atoms with E-state index < -0.39 is 0 Å². The maximum Gasteiger partial charge on any atom is 0.0951 e. The molecule has 0 aliphatic heterocycles. The van der Waals surface area contributed by atoms with E-state index in [0.29, 0.717) is 0 Å². The third-order valence-corrected chi connectivity index (χ3v) is 2.69. The Kier molecular flexibility index (Phi) is 3.01.